The Morgan fingerprint density at radius 3 is 2.35 bits per heavy atom. The molecule has 0 fully saturated rings. The van der Waals surface area contributed by atoms with Crippen LogP contribution in [-0.2, 0) is 26.8 Å². The minimum absolute atomic E-state index is 0.0357. The number of nitrogens with one attached hydrogen (secondary N) is 1. The summed E-state index contributed by atoms with van der Waals surface area (Å²) in [4.78, 5) is 11.9. The highest BCUT2D eigenvalue weighted by atomic mass is 32.2. The molecule has 26 heavy (non-hydrogen) atoms. The van der Waals surface area contributed by atoms with E-state index in [-0.39, 0.29) is 23.8 Å². The average Bonchev–Trinajstić information content (AvgIpc) is 2.61. The molecule has 140 valence electrons. The van der Waals surface area contributed by atoms with Gasteiger partial charge in [0.05, 0.1) is 24.5 Å². The molecule has 0 saturated heterocycles. The first kappa shape index (κ1) is 20.0. The van der Waals surface area contributed by atoms with E-state index in [1.54, 1.807) is 12.1 Å². The Labute approximate surface area is 155 Å². The van der Waals surface area contributed by atoms with E-state index < -0.39 is 9.84 Å². The quantitative estimate of drug-likeness (QED) is 0.648. The zero-order chi connectivity index (χ0) is 18.8. The monoisotopic (exact) mass is 375 g/mol. The molecule has 2 aromatic carbocycles. The van der Waals surface area contributed by atoms with Crippen LogP contribution >= 0.6 is 0 Å². The fourth-order valence-electron chi connectivity index (χ4n) is 2.54. The first-order valence-corrected chi connectivity index (χ1v) is 10.5. The largest absolute Gasteiger partial charge is 0.494 e. The molecule has 0 aliphatic carbocycles. The van der Waals surface area contributed by atoms with Crippen LogP contribution in [0.15, 0.2) is 54.6 Å². The van der Waals surface area contributed by atoms with Crippen molar-refractivity contribution in [3.63, 3.8) is 0 Å². The van der Waals surface area contributed by atoms with Crippen molar-refractivity contribution < 1.29 is 17.9 Å². The SMILES string of the molecule is CCOc1ccc(CC(=O)NCCCS(=O)(=O)Cc2ccccc2)cc1. The van der Waals surface area contributed by atoms with Crippen LogP contribution in [0.2, 0.25) is 0 Å². The van der Waals surface area contributed by atoms with E-state index in [0.29, 0.717) is 19.6 Å². The number of rotatable bonds is 10. The van der Waals surface area contributed by atoms with E-state index in [1.165, 1.54) is 0 Å². The maximum Gasteiger partial charge on any atom is 0.224 e. The summed E-state index contributed by atoms with van der Waals surface area (Å²) in [6, 6.07) is 16.5. The molecule has 0 unspecified atom stereocenters. The molecular formula is C20H25NO4S. The van der Waals surface area contributed by atoms with Crippen molar-refractivity contribution in [2.75, 3.05) is 18.9 Å². The van der Waals surface area contributed by atoms with E-state index in [0.717, 1.165) is 16.9 Å². The van der Waals surface area contributed by atoms with Crippen molar-refractivity contribution in [3.8, 4) is 5.75 Å². The van der Waals surface area contributed by atoms with Gasteiger partial charge in [-0.3, -0.25) is 4.79 Å². The number of amides is 1. The standard InChI is InChI=1S/C20H25NO4S/c1-2-25-19-11-9-17(10-12-19)15-20(22)21-13-6-14-26(23,24)16-18-7-4-3-5-8-18/h3-5,7-12H,2,6,13-16H2,1H3,(H,21,22). The van der Waals surface area contributed by atoms with Gasteiger partial charge < -0.3 is 10.1 Å². The Morgan fingerprint density at radius 2 is 1.69 bits per heavy atom. The second kappa shape index (κ2) is 9.97. The van der Waals surface area contributed by atoms with Gasteiger partial charge in [-0.1, -0.05) is 42.5 Å². The van der Waals surface area contributed by atoms with Crippen molar-refractivity contribution in [3.05, 3.63) is 65.7 Å². The van der Waals surface area contributed by atoms with Crippen LogP contribution in [0.5, 0.6) is 5.75 Å². The second-order valence-electron chi connectivity index (χ2n) is 6.03. The Morgan fingerprint density at radius 1 is 1.00 bits per heavy atom. The molecule has 0 aliphatic rings. The van der Waals surface area contributed by atoms with Crippen LogP contribution in [0.4, 0.5) is 0 Å². The van der Waals surface area contributed by atoms with E-state index in [1.807, 2.05) is 49.4 Å². The van der Waals surface area contributed by atoms with Crippen LogP contribution in [-0.4, -0.2) is 33.2 Å². The third-order valence-corrected chi connectivity index (χ3v) is 5.47. The van der Waals surface area contributed by atoms with Crippen molar-refractivity contribution in [2.45, 2.75) is 25.5 Å². The van der Waals surface area contributed by atoms with Crippen LogP contribution in [0.25, 0.3) is 0 Å². The van der Waals surface area contributed by atoms with Gasteiger partial charge in [0.25, 0.3) is 0 Å². The Kier molecular flexibility index (Phi) is 7.66. The van der Waals surface area contributed by atoms with Crippen molar-refractivity contribution in [2.24, 2.45) is 0 Å². The molecule has 6 heteroatoms. The molecule has 0 saturated carbocycles. The fourth-order valence-corrected chi connectivity index (χ4v) is 3.97. The van der Waals surface area contributed by atoms with Crippen LogP contribution < -0.4 is 10.1 Å². The van der Waals surface area contributed by atoms with Gasteiger partial charge in [0.2, 0.25) is 5.91 Å². The van der Waals surface area contributed by atoms with Gasteiger partial charge in [-0.15, -0.1) is 0 Å². The number of hydrogen-bond donors (Lipinski definition) is 1. The lowest BCUT2D eigenvalue weighted by Gasteiger charge is -2.08. The second-order valence-corrected chi connectivity index (χ2v) is 8.22. The highest BCUT2D eigenvalue weighted by Crippen LogP contribution is 2.12. The summed E-state index contributed by atoms with van der Waals surface area (Å²) in [5, 5.41) is 2.77. The molecular weight excluding hydrogens is 350 g/mol. The maximum atomic E-state index is 12.1. The normalized spacial score (nSPS) is 11.1. The zero-order valence-corrected chi connectivity index (χ0v) is 15.8. The Balaban J connectivity index is 1.69. The smallest absolute Gasteiger partial charge is 0.224 e. The van der Waals surface area contributed by atoms with Crippen LogP contribution in [0, 0.1) is 0 Å². The van der Waals surface area contributed by atoms with Gasteiger partial charge in [-0.05, 0) is 36.6 Å². The van der Waals surface area contributed by atoms with Crippen molar-refractivity contribution in [1.82, 2.24) is 5.32 Å². The third-order valence-electron chi connectivity index (χ3n) is 3.78. The molecule has 0 aliphatic heterocycles. The fraction of sp³-hybridized carbons (Fsp3) is 0.350. The molecule has 0 heterocycles. The van der Waals surface area contributed by atoms with E-state index in [2.05, 4.69) is 5.32 Å². The van der Waals surface area contributed by atoms with Gasteiger partial charge in [-0.25, -0.2) is 8.42 Å². The van der Waals surface area contributed by atoms with Gasteiger partial charge in [0.15, 0.2) is 9.84 Å². The van der Waals surface area contributed by atoms with Gasteiger partial charge in [0.1, 0.15) is 5.75 Å². The highest BCUT2D eigenvalue weighted by Gasteiger charge is 2.12. The summed E-state index contributed by atoms with van der Waals surface area (Å²) < 4.78 is 29.6. The Hall–Kier alpha value is -2.34. The van der Waals surface area contributed by atoms with Gasteiger partial charge in [-0.2, -0.15) is 0 Å². The predicted octanol–water partition coefficient (Wildman–Crippen LogP) is 2.75. The summed E-state index contributed by atoms with van der Waals surface area (Å²) in [5.74, 6) is 0.758. The molecule has 0 aromatic heterocycles. The first-order chi connectivity index (χ1) is 12.5. The number of benzene rings is 2. The number of carbonyl (C=O) groups excluding carboxylic acids is 1. The highest BCUT2D eigenvalue weighted by molar-refractivity contribution is 7.90. The van der Waals surface area contributed by atoms with E-state index in [4.69, 9.17) is 4.74 Å². The number of carbonyl (C=O) groups is 1. The molecule has 5 nitrogen and oxygen atoms in total. The molecule has 1 N–H and O–H groups in total. The lowest BCUT2D eigenvalue weighted by atomic mass is 10.1. The van der Waals surface area contributed by atoms with Crippen molar-refractivity contribution >= 4 is 15.7 Å². The topological polar surface area (TPSA) is 72.5 Å². The number of ether oxygens (including phenoxy) is 1. The lowest BCUT2D eigenvalue weighted by Crippen LogP contribution is -2.27. The van der Waals surface area contributed by atoms with Crippen molar-refractivity contribution in [1.29, 1.82) is 0 Å². The molecule has 0 radical (unpaired) electrons. The first-order valence-electron chi connectivity index (χ1n) is 8.71. The maximum absolute atomic E-state index is 12.1. The molecule has 0 atom stereocenters. The summed E-state index contributed by atoms with van der Waals surface area (Å²) in [5.41, 5.74) is 1.68. The minimum atomic E-state index is -3.17. The number of hydrogen-bond acceptors (Lipinski definition) is 4. The van der Waals surface area contributed by atoms with Gasteiger partial charge in [0, 0.05) is 6.54 Å². The molecule has 1 amide bonds. The molecule has 0 spiro atoms. The van der Waals surface area contributed by atoms with E-state index >= 15 is 0 Å². The molecule has 2 aromatic rings. The summed E-state index contributed by atoms with van der Waals surface area (Å²) in [6.07, 6.45) is 0.674. The third kappa shape index (κ3) is 7.27. The van der Waals surface area contributed by atoms with Crippen LogP contribution in [0.3, 0.4) is 0 Å². The molecule has 2 rings (SSSR count). The van der Waals surface area contributed by atoms with E-state index in [9.17, 15) is 13.2 Å². The summed E-state index contributed by atoms with van der Waals surface area (Å²) in [7, 11) is -3.17. The molecule has 0 bridgehead atoms. The van der Waals surface area contributed by atoms with Gasteiger partial charge >= 0.3 is 0 Å². The summed E-state index contributed by atoms with van der Waals surface area (Å²) in [6.45, 7) is 2.87. The number of sulfone groups is 1. The lowest BCUT2D eigenvalue weighted by molar-refractivity contribution is -0.120. The average molecular weight is 375 g/mol. The Bertz CT molecular complexity index is 786. The zero-order valence-electron chi connectivity index (χ0n) is 15.0. The summed E-state index contributed by atoms with van der Waals surface area (Å²) >= 11 is 0. The minimum Gasteiger partial charge on any atom is -0.494 e. The predicted molar refractivity (Wildman–Crippen MR) is 103 cm³/mol. The van der Waals surface area contributed by atoms with Crippen LogP contribution in [0.1, 0.15) is 24.5 Å².